The number of sulfonamides is 1. The van der Waals surface area contributed by atoms with E-state index in [9.17, 15) is 13.2 Å². The molecule has 1 fully saturated rings. The van der Waals surface area contributed by atoms with Crippen LogP contribution in [0.25, 0.3) is 0 Å². The fourth-order valence-electron chi connectivity index (χ4n) is 3.87. The average Bonchev–Trinajstić information content (AvgIpc) is 2.62. The number of hydrogen-bond donors (Lipinski definition) is 1. The molecule has 0 saturated carbocycles. The average molecular weight is 401 g/mol. The molecule has 1 amide bonds. The minimum atomic E-state index is -3.79. The van der Waals surface area contributed by atoms with Gasteiger partial charge < -0.3 is 4.90 Å². The van der Waals surface area contributed by atoms with Crippen molar-refractivity contribution in [3.05, 3.63) is 59.2 Å². The van der Waals surface area contributed by atoms with Crippen LogP contribution in [0.1, 0.15) is 41.8 Å². The molecule has 2 aromatic rings. The number of carbonyl (C=O) groups excluding carboxylic acids is 1. The van der Waals surface area contributed by atoms with E-state index < -0.39 is 10.0 Å². The van der Waals surface area contributed by atoms with Crippen LogP contribution < -0.4 is 4.72 Å². The quantitative estimate of drug-likeness (QED) is 0.835. The third-order valence-corrected chi connectivity index (χ3v) is 6.71. The number of anilines is 1. The Labute approximate surface area is 167 Å². The van der Waals surface area contributed by atoms with Crippen LogP contribution in [0.2, 0.25) is 0 Å². The molecule has 0 aromatic heterocycles. The molecule has 1 N–H and O–H groups in total. The van der Waals surface area contributed by atoms with Gasteiger partial charge in [0.05, 0.1) is 4.90 Å². The summed E-state index contributed by atoms with van der Waals surface area (Å²) in [6.45, 7) is 9.39. The second kappa shape index (κ2) is 7.95. The first-order chi connectivity index (χ1) is 13.2. The zero-order valence-electron chi connectivity index (χ0n) is 16.9. The van der Waals surface area contributed by atoms with Crippen LogP contribution in [0.4, 0.5) is 5.69 Å². The Hall–Kier alpha value is -2.34. The van der Waals surface area contributed by atoms with E-state index >= 15 is 0 Å². The van der Waals surface area contributed by atoms with Crippen LogP contribution >= 0.6 is 0 Å². The number of piperidine rings is 1. The summed E-state index contributed by atoms with van der Waals surface area (Å²) in [7, 11) is -3.79. The minimum absolute atomic E-state index is 0.106. The summed E-state index contributed by atoms with van der Waals surface area (Å²) < 4.78 is 28.5. The van der Waals surface area contributed by atoms with Gasteiger partial charge in [-0.3, -0.25) is 9.52 Å². The van der Waals surface area contributed by atoms with E-state index in [0.29, 0.717) is 41.7 Å². The lowest BCUT2D eigenvalue weighted by atomic mass is 9.91. The zero-order valence-corrected chi connectivity index (χ0v) is 17.7. The summed E-state index contributed by atoms with van der Waals surface area (Å²) >= 11 is 0. The van der Waals surface area contributed by atoms with Crippen molar-refractivity contribution >= 4 is 21.6 Å². The van der Waals surface area contributed by atoms with Gasteiger partial charge in [0.2, 0.25) is 0 Å². The number of benzene rings is 2. The molecule has 150 valence electrons. The monoisotopic (exact) mass is 400 g/mol. The SMILES string of the molecule is Cc1ccc(NS(=O)(=O)c2cc(C(=O)N3C[C@H](C)C[C@@H](C)C3)ccc2C)cc1. The molecule has 2 atom stereocenters. The predicted octanol–water partition coefficient (Wildman–Crippen LogP) is 4.22. The topological polar surface area (TPSA) is 66.5 Å². The van der Waals surface area contributed by atoms with Crippen molar-refractivity contribution in [3.8, 4) is 0 Å². The van der Waals surface area contributed by atoms with Crippen molar-refractivity contribution in [2.24, 2.45) is 11.8 Å². The predicted molar refractivity (Wildman–Crippen MR) is 112 cm³/mol. The number of nitrogens with zero attached hydrogens (tertiary/aromatic N) is 1. The van der Waals surface area contributed by atoms with Gasteiger partial charge in [0.25, 0.3) is 15.9 Å². The van der Waals surface area contributed by atoms with Crippen molar-refractivity contribution in [2.75, 3.05) is 17.8 Å². The van der Waals surface area contributed by atoms with E-state index in [1.165, 1.54) is 6.07 Å². The molecule has 1 aliphatic rings. The standard InChI is InChI=1S/C22H28N2O3S/c1-15-5-9-20(10-6-15)23-28(26,27)21-12-19(8-7-18(21)4)22(25)24-13-16(2)11-17(3)14-24/h5-10,12,16-17,23H,11,13-14H2,1-4H3/t16-,17-/m1/s1. The smallest absolute Gasteiger partial charge is 0.262 e. The maximum Gasteiger partial charge on any atom is 0.262 e. The summed E-state index contributed by atoms with van der Waals surface area (Å²) in [6.07, 6.45) is 1.11. The molecular formula is C22H28N2O3S. The third kappa shape index (κ3) is 4.55. The van der Waals surface area contributed by atoms with Gasteiger partial charge in [-0.25, -0.2) is 8.42 Å². The lowest BCUT2D eigenvalue weighted by molar-refractivity contribution is 0.0623. The molecule has 1 aliphatic heterocycles. The molecular weight excluding hydrogens is 372 g/mol. The number of aryl methyl sites for hydroxylation is 2. The molecule has 0 bridgehead atoms. The Kier molecular flexibility index (Phi) is 5.79. The van der Waals surface area contributed by atoms with Gasteiger partial charge in [0.15, 0.2) is 0 Å². The van der Waals surface area contributed by atoms with Gasteiger partial charge in [-0.1, -0.05) is 37.6 Å². The van der Waals surface area contributed by atoms with E-state index in [1.807, 2.05) is 24.0 Å². The van der Waals surface area contributed by atoms with Crippen LogP contribution in [0.15, 0.2) is 47.4 Å². The fourth-order valence-corrected chi connectivity index (χ4v) is 5.20. The Morgan fingerprint density at radius 3 is 2.21 bits per heavy atom. The van der Waals surface area contributed by atoms with Crippen molar-refractivity contribution < 1.29 is 13.2 Å². The summed E-state index contributed by atoms with van der Waals surface area (Å²) in [6, 6.07) is 12.1. The molecule has 3 rings (SSSR count). The molecule has 1 saturated heterocycles. The van der Waals surface area contributed by atoms with Gasteiger partial charge in [-0.2, -0.15) is 0 Å². The second-order valence-electron chi connectivity index (χ2n) is 8.11. The van der Waals surface area contributed by atoms with Gasteiger partial charge in [-0.05, 0) is 61.9 Å². The third-order valence-electron chi connectivity index (χ3n) is 5.18. The Morgan fingerprint density at radius 2 is 1.61 bits per heavy atom. The van der Waals surface area contributed by atoms with Crippen LogP contribution in [-0.2, 0) is 10.0 Å². The highest BCUT2D eigenvalue weighted by Crippen LogP contribution is 2.25. The lowest BCUT2D eigenvalue weighted by Gasteiger charge is -2.35. The molecule has 6 heteroatoms. The summed E-state index contributed by atoms with van der Waals surface area (Å²) in [4.78, 5) is 15.0. The molecule has 0 aliphatic carbocycles. The number of nitrogens with one attached hydrogen (secondary N) is 1. The molecule has 0 radical (unpaired) electrons. The largest absolute Gasteiger partial charge is 0.338 e. The van der Waals surface area contributed by atoms with E-state index in [-0.39, 0.29) is 10.8 Å². The maximum atomic E-state index is 13.0. The Balaban J connectivity index is 1.88. The number of hydrogen-bond acceptors (Lipinski definition) is 3. The first kappa shape index (κ1) is 20.4. The molecule has 2 aromatic carbocycles. The van der Waals surface area contributed by atoms with Gasteiger partial charge in [0.1, 0.15) is 0 Å². The number of rotatable bonds is 4. The zero-order chi connectivity index (χ0) is 20.5. The van der Waals surface area contributed by atoms with E-state index in [1.54, 1.807) is 31.2 Å². The Bertz CT molecular complexity index is 958. The first-order valence-corrected chi connectivity index (χ1v) is 11.1. The highest BCUT2D eigenvalue weighted by Gasteiger charge is 2.27. The number of carbonyl (C=O) groups is 1. The lowest BCUT2D eigenvalue weighted by Crippen LogP contribution is -2.42. The van der Waals surface area contributed by atoms with E-state index in [2.05, 4.69) is 18.6 Å². The molecule has 0 unspecified atom stereocenters. The van der Waals surface area contributed by atoms with Crippen molar-refractivity contribution in [1.29, 1.82) is 0 Å². The molecule has 1 heterocycles. The molecule has 28 heavy (non-hydrogen) atoms. The van der Waals surface area contributed by atoms with Gasteiger partial charge in [-0.15, -0.1) is 0 Å². The molecule has 5 nitrogen and oxygen atoms in total. The highest BCUT2D eigenvalue weighted by atomic mass is 32.2. The van der Waals surface area contributed by atoms with Crippen molar-refractivity contribution in [2.45, 2.75) is 39.0 Å². The van der Waals surface area contributed by atoms with E-state index in [0.717, 1.165) is 12.0 Å². The number of likely N-dealkylation sites (tertiary alicyclic amines) is 1. The summed E-state index contributed by atoms with van der Waals surface area (Å²) in [5.74, 6) is 0.791. The fraction of sp³-hybridized carbons (Fsp3) is 0.409. The Morgan fingerprint density at radius 1 is 1.00 bits per heavy atom. The van der Waals surface area contributed by atoms with Gasteiger partial charge in [0, 0.05) is 24.3 Å². The highest BCUT2D eigenvalue weighted by molar-refractivity contribution is 7.92. The maximum absolute atomic E-state index is 13.0. The first-order valence-electron chi connectivity index (χ1n) is 9.65. The van der Waals surface area contributed by atoms with Crippen LogP contribution in [0.5, 0.6) is 0 Å². The van der Waals surface area contributed by atoms with Crippen LogP contribution in [0.3, 0.4) is 0 Å². The normalized spacial score (nSPS) is 20.1. The second-order valence-corrected chi connectivity index (χ2v) is 9.76. The van der Waals surface area contributed by atoms with Crippen LogP contribution in [0, 0.1) is 25.7 Å². The van der Waals surface area contributed by atoms with Gasteiger partial charge >= 0.3 is 0 Å². The summed E-state index contributed by atoms with van der Waals surface area (Å²) in [5, 5.41) is 0. The molecule has 0 spiro atoms. The number of amides is 1. The van der Waals surface area contributed by atoms with Crippen LogP contribution in [-0.4, -0.2) is 32.3 Å². The van der Waals surface area contributed by atoms with Crippen molar-refractivity contribution in [1.82, 2.24) is 4.90 Å². The minimum Gasteiger partial charge on any atom is -0.338 e. The summed E-state index contributed by atoms with van der Waals surface area (Å²) in [5.41, 5.74) is 2.57. The van der Waals surface area contributed by atoms with Crippen molar-refractivity contribution in [3.63, 3.8) is 0 Å². The van der Waals surface area contributed by atoms with E-state index in [4.69, 9.17) is 0 Å².